The summed E-state index contributed by atoms with van der Waals surface area (Å²) in [7, 11) is 0. The summed E-state index contributed by atoms with van der Waals surface area (Å²) in [6.07, 6.45) is 4.72. The lowest BCUT2D eigenvalue weighted by atomic mass is 9.80. The SMILES string of the molecule is C=CC(=O)Oc1c2c(c(OC(C)=O)c3cc(Cl)ccc13)CCC(CC)C2. The van der Waals surface area contributed by atoms with E-state index < -0.39 is 5.97 Å². The minimum absolute atomic E-state index is 0.387. The average molecular weight is 373 g/mol. The summed E-state index contributed by atoms with van der Waals surface area (Å²) in [5.41, 5.74) is 1.86. The lowest BCUT2D eigenvalue weighted by molar-refractivity contribution is -0.132. The van der Waals surface area contributed by atoms with Crippen molar-refractivity contribution in [2.24, 2.45) is 5.92 Å². The van der Waals surface area contributed by atoms with Crippen molar-refractivity contribution in [1.82, 2.24) is 0 Å². The first-order valence-electron chi connectivity index (χ1n) is 8.74. The molecule has 5 heteroatoms. The molecule has 0 heterocycles. The van der Waals surface area contributed by atoms with Crippen molar-refractivity contribution in [3.05, 3.63) is 47.0 Å². The number of carbonyl (C=O) groups is 2. The van der Waals surface area contributed by atoms with Crippen molar-refractivity contribution < 1.29 is 19.1 Å². The molecule has 3 rings (SSSR count). The summed E-state index contributed by atoms with van der Waals surface area (Å²) >= 11 is 6.18. The second kappa shape index (κ2) is 7.50. The van der Waals surface area contributed by atoms with E-state index in [1.165, 1.54) is 6.92 Å². The molecule has 0 saturated carbocycles. The van der Waals surface area contributed by atoms with Gasteiger partial charge in [0, 0.05) is 39.9 Å². The molecular weight excluding hydrogens is 352 g/mol. The number of ether oxygens (including phenoxy) is 2. The number of fused-ring (bicyclic) bond motifs is 2. The fourth-order valence-corrected chi connectivity index (χ4v) is 3.76. The van der Waals surface area contributed by atoms with E-state index in [-0.39, 0.29) is 5.97 Å². The molecule has 0 spiro atoms. The van der Waals surface area contributed by atoms with E-state index >= 15 is 0 Å². The molecule has 0 aromatic heterocycles. The Hall–Kier alpha value is -2.33. The summed E-state index contributed by atoms with van der Waals surface area (Å²) in [5, 5.41) is 1.90. The van der Waals surface area contributed by atoms with Gasteiger partial charge in [-0.25, -0.2) is 4.79 Å². The molecule has 1 aliphatic carbocycles. The van der Waals surface area contributed by atoms with Crippen LogP contribution in [-0.4, -0.2) is 11.9 Å². The van der Waals surface area contributed by atoms with Crippen molar-refractivity contribution in [3.8, 4) is 11.5 Å². The van der Waals surface area contributed by atoms with Crippen LogP contribution in [0.2, 0.25) is 5.02 Å². The van der Waals surface area contributed by atoms with E-state index in [1.807, 2.05) is 0 Å². The van der Waals surface area contributed by atoms with E-state index in [2.05, 4.69) is 13.5 Å². The first-order valence-corrected chi connectivity index (χ1v) is 9.12. The number of rotatable bonds is 4. The molecule has 2 aromatic rings. The quantitative estimate of drug-likeness (QED) is 0.429. The van der Waals surface area contributed by atoms with Gasteiger partial charge in [-0.05, 0) is 43.4 Å². The van der Waals surface area contributed by atoms with Gasteiger partial charge in [0.15, 0.2) is 0 Å². The van der Waals surface area contributed by atoms with Gasteiger partial charge in [0.05, 0.1) is 0 Å². The zero-order chi connectivity index (χ0) is 18.8. The molecule has 2 aromatic carbocycles. The second-order valence-corrected chi connectivity index (χ2v) is 6.98. The third-order valence-corrected chi connectivity index (χ3v) is 5.11. The predicted octanol–water partition coefficient (Wildman–Crippen LogP) is 5.02. The molecule has 26 heavy (non-hydrogen) atoms. The Bertz CT molecular complexity index is 901. The van der Waals surface area contributed by atoms with Crippen LogP contribution in [0.1, 0.15) is 37.8 Å². The zero-order valence-corrected chi connectivity index (χ0v) is 15.7. The molecule has 0 amide bonds. The van der Waals surface area contributed by atoms with Crippen LogP contribution in [-0.2, 0) is 22.4 Å². The Morgan fingerprint density at radius 2 is 1.96 bits per heavy atom. The Morgan fingerprint density at radius 3 is 2.62 bits per heavy atom. The van der Waals surface area contributed by atoms with Crippen molar-refractivity contribution in [3.63, 3.8) is 0 Å². The van der Waals surface area contributed by atoms with Crippen LogP contribution in [0.5, 0.6) is 11.5 Å². The first kappa shape index (κ1) is 18.5. The van der Waals surface area contributed by atoms with Crippen molar-refractivity contribution in [2.75, 3.05) is 0 Å². The first-order chi connectivity index (χ1) is 12.4. The molecule has 0 N–H and O–H groups in total. The molecule has 1 atom stereocenters. The summed E-state index contributed by atoms with van der Waals surface area (Å²) in [6, 6.07) is 5.28. The summed E-state index contributed by atoms with van der Waals surface area (Å²) < 4.78 is 11.2. The van der Waals surface area contributed by atoms with Gasteiger partial charge in [-0.2, -0.15) is 0 Å². The summed E-state index contributed by atoms with van der Waals surface area (Å²) in [6.45, 7) is 7.02. The second-order valence-electron chi connectivity index (χ2n) is 6.54. The molecular formula is C21H21ClO4. The van der Waals surface area contributed by atoms with Crippen molar-refractivity contribution >= 4 is 34.3 Å². The Morgan fingerprint density at radius 1 is 1.23 bits per heavy atom. The molecule has 0 aliphatic heterocycles. The van der Waals surface area contributed by atoms with Crippen LogP contribution in [0.4, 0.5) is 0 Å². The van der Waals surface area contributed by atoms with Gasteiger partial charge in [0.25, 0.3) is 0 Å². The van der Waals surface area contributed by atoms with Crippen molar-refractivity contribution in [2.45, 2.75) is 39.5 Å². The maximum absolute atomic E-state index is 11.9. The van der Waals surface area contributed by atoms with Gasteiger partial charge in [-0.1, -0.05) is 31.5 Å². The highest BCUT2D eigenvalue weighted by Gasteiger charge is 2.29. The maximum atomic E-state index is 11.9. The van der Waals surface area contributed by atoms with Gasteiger partial charge < -0.3 is 9.47 Å². The van der Waals surface area contributed by atoms with Crippen LogP contribution >= 0.6 is 11.6 Å². The number of esters is 2. The molecule has 0 radical (unpaired) electrons. The van der Waals surface area contributed by atoms with Gasteiger partial charge in [0.1, 0.15) is 11.5 Å². The Balaban J connectivity index is 2.33. The van der Waals surface area contributed by atoms with Crippen LogP contribution in [0.25, 0.3) is 10.8 Å². The van der Waals surface area contributed by atoms with Gasteiger partial charge >= 0.3 is 11.9 Å². The van der Waals surface area contributed by atoms with Crippen LogP contribution in [0, 0.1) is 5.92 Å². The smallest absolute Gasteiger partial charge is 0.335 e. The topological polar surface area (TPSA) is 52.6 Å². The number of carbonyl (C=O) groups excluding carboxylic acids is 2. The summed E-state index contributed by atoms with van der Waals surface area (Å²) in [4.78, 5) is 23.6. The zero-order valence-electron chi connectivity index (χ0n) is 14.9. The Labute approximate surface area is 157 Å². The minimum Gasteiger partial charge on any atom is -0.426 e. The predicted molar refractivity (Wildman–Crippen MR) is 102 cm³/mol. The molecule has 0 bridgehead atoms. The van der Waals surface area contributed by atoms with Crippen molar-refractivity contribution in [1.29, 1.82) is 0 Å². The molecule has 1 unspecified atom stereocenters. The molecule has 0 fully saturated rings. The number of halogens is 1. The fraction of sp³-hybridized carbons (Fsp3) is 0.333. The van der Waals surface area contributed by atoms with Gasteiger partial charge in [-0.3, -0.25) is 4.79 Å². The highest BCUT2D eigenvalue weighted by atomic mass is 35.5. The van der Waals surface area contributed by atoms with Crippen LogP contribution in [0.3, 0.4) is 0 Å². The highest BCUT2D eigenvalue weighted by Crippen LogP contribution is 2.46. The lowest BCUT2D eigenvalue weighted by Gasteiger charge is -2.28. The fourth-order valence-electron chi connectivity index (χ4n) is 3.59. The Kier molecular flexibility index (Phi) is 5.33. The van der Waals surface area contributed by atoms with E-state index in [9.17, 15) is 9.59 Å². The van der Waals surface area contributed by atoms with Gasteiger partial charge in [-0.15, -0.1) is 0 Å². The molecule has 4 nitrogen and oxygen atoms in total. The largest absolute Gasteiger partial charge is 0.426 e. The molecule has 136 valence electrons. The number of benzene rings is 2. The van der Waals surface area contributed by atoms with E-state index in [1.54, 1.807) is 18.2 Å². The lowest BCUT2D eigenvalue weighted by Crippen LogP contribution is -2.18. The van der Waals surface area contributed by atoms with E-state index in [0.29, 0.717) is 33.2 Å². The van der Waals surface area contributed by atoms with Crippen LogP contribution < -0.4 is 9.47 Å². The standard InChI is InChI=1S/C21H21ClO4/c1-4-13-6-8-15-17(10-13)21(26-19(24)5-2)16-9-7-14(22)11-18(16)20(15)25-12(3)23/h5,7,9,11,13H,2,4,6,8,10H2,1,3H3. The van der Waals surface area contributed by atoms with Gasteiger partial charge in [0.2, 0.25) is 0 Å². The monoisotopic (exact) mass is 372 g/mol. The number of hydrogen-bond acceptors (Lipinski definition) is 4. The normalized spacial score (nSPS) is 16.0. The molecule has 1 aliphatic rings. The average Bonchev–Trinajstić information content (AvgIpc) is 2.63. The summed E-state index contributed by atoms with van der Waals surface area (Å²) in [5.74, 6) is 0.645. The minimum atomic E-state index is -0.512. The number of hydrogen-bond donors (Lipinski definition) is 0. The highest BCUT2D eigenvalue weighted by molar-refractivity contribution is 6.31. The maximum Gasteiger partial charge on any atom is 0.335 e. The third-order valence-electron chi connectivity index (χ3n) is 4.87. The molecule has 0 saturated heterocycles. The third kappa shape index (κ3) is 3.47. The van der Waals surface area contributed by atoms with E-state index in [4.69, 9.17) is 21.1 Å². The van der Waals surface area contributed by atoms with E-state index in [0.717, 1.165) is 42.9 Å². The van der Waals surface area contributed by atoms with Crippen LogP contribution in [0.15, 0.2) is 30.9 Å².